The van der Waals surface area contributed by atoms with E-state index in [1.807, 2.05) is 0 Å². The Hall–Kier alpha value is -2.88. The Labute approximate surface area is 110 Å². The van der Waals surface area contributed by atoms with Crippen LogP contribution in [-0.4, -0.2) is 0 Å². The average Bonchev–Trinajstić information content (AvgIpc) is 2.48. The molecule has 2 aliphatic rings. The van der Waals surface area contributed by atoms with E-state index in [0.717, 1.165) is 0 Å². The van der Waals surface area contributed by atoms with Gasteiger partial charge in [-0.3, -0.25) is 19.2 Å². The SMILES string of the molecule is O=c1c(=O)c2cccc3c2-c2c1cccc2c(=O)c3=O. The third-order valence-corrected chi connectivity index (χ3v) is 3.77. The summed E-state index contributed by atoms with van der Waals surface area (Å²) in [5.41, 5.74) is -1.68. The maximum atomic E-state index is 12.1. The van der Waals surface area contributed by atoms with Crippen LogP contribution in [0.15, 0.2) is 55.6 Å². The molecule has 0 unspecified atom stereocenters. The molecular formula is C16H6O4. The van der Waals surface area contributed by atoms with E-state index in [4.69, 9.17) is 0 Å². The molecule has 0 aromatic heterocycles. The number of rotatable bonds is 0. The Kier molecular flexibility index (Phi) is 1.85. The van der Waals surface area contributed by atoms with Gasteiger partial charge in [-0.2, -0.15) is 0 Å². The Bertz CT molecular complexity index is 984. The molecule has 94 valence electrons. The Balaban J connectivity index is 2.65. The van der Waals surface area contributed by atoms with Gasteiger partial charge in [-0.25, -0.2) is 0 Å². The van der Waals surface area contributed by atoms with Crippen LogP contribution in [0.3, 0.4) is 0 Å². The summed E-state index contributed by atoms with van der Waals surface area (Å²) in [6.45, 7) is 0. The van der Waals surface area contributed by atoms with Crippen LogP contribution >= 0.6 is 0 Å². The van der Waals surface area contributed by atoms with Crippen LogP contribution in [0.5, 0.6) is 0 Å². The van der Waals surface area contributed by atoms with Crippen molar-refractivity contribution in [1.82, 2.24) is 0 Å². The van der Waals surface area contributed by atoms with E-state index in [0.29, 0.717) is 11.1 Å². The third-order valence-electron chi connectivity index (χ3n) is 3.77. The molecule has 0 heterocycles. The molecule has 0 atom stereocenters. The molecule has 0 N–H and O–H groups in total. The summed E-state index contributed by atoms with van der Waals surface area (Å²) in [6.07, 6.45) is 0. The highest BCUT2D eigenvalue weighted by molar-refractivity contribution is 6.11. The highest BCUT2D eigenvalue weighted by Gasteiger charge is 2.23. The minimum atomic E-state index is -0.631. The first-order chi connectivity index (χ1) is 9.61. The van der Waals surface area contributed by atoms with E-state index >= 15 is 0 Å². The van der Waals surface area contributed by atoms with Crippen LogP contribution in [0.1, 0.15) is 0 Å². The molecule has 0 fully saturated rings. The zero-order chi connectivity index (χ0) is 14.0. The highest BCUT2D eigenvalue weighted by atomic mass is 16.2. The zero-order valence-electron chi connectivity index (χ0n) is 10.1. The van der Waals surface area contributed by atoms with Gasteiger partial charge in [0.05, 0.1) is 0 Å². The molecule has 0 spiro atoms. The summed E-state index contributed by atoms with van der Waals surface area (Å²) in [7, 11) is 0. The standard InChI is InChI=1S/C16H6O4/c17-13-7-3-1-4-8-11(7)12-9(15(13)19)5-2-6-10(12)16(20)14(8)18/h1-6H. The van der Waals surface area contributed by atoms with Gasteiger partial charge in [-0.15, -0.1) is 0 Å². The summed E-state index contributed by atoms with van der Waals surface area (Å²) in [4.78, 5) is 48.4. The van der Waals surface area contributed by atoms with Crippen LogP contribution in [0.25, 0.3) is 32.7 Å². The highest BCUT2D eigenvalue weighted by Crippen LogP contribution is 2.33. The minimum Gasteiger partial charge on any atom is -0.285 e. The van der Waals surface area contributed by atoms with Crippen LogP contribution in [-0.2, 0) is 0 Å². The molecule has 2 aromatic rings. The smallest absolute Gasteiger partial charge is 0.234 e. The molecule has 2 aliphatic carbocycles. The maximum absolute atomic E-state index is 12.1. The fourth-order valence-corrected chi connectivity index (χ4v) is 2.89. The van der Waals surface area contributed by atoms with Gasteiger partial charge in [-0.1, -0.05) is 36.4 Å². The molecule has 0 aliphatic heterocycles. The number of hydrogen-bond donors (Lipinski definition) is 0. The summed E-state index contributed by atoms with van der Waals surface area (Å²) in [5, 5.41) is 0.809. The van der Waals surface area contributed by atoms with E-state index in [1.54, 1.807) is 0 Å². The molecule has 4 rings (SSSR count). The molecule has 20 heavy (non-hydrogen) atoms. The molecular weight excluding hydrogens is 256 g/mol. The molecule has 4 heteroatoms. The first-order valence-corrected chi connectivity index (χ1v) is 6.05. The van der Waals surface area contributed by atoms with E-state index < -0.39 is 21.7 Å². The van der Waals surface area contributed by atoms with Crippen molar-refractivity contribution in [2.75, 3.05) is 0 Å². The van der Waals surface area contributed by atoms with Crippen molar-refractivity contribution in [3.8, 4) is 11.1 Å². The normalized spacial score (nSPS) is 11.8. The third kappa shape index (κ3) is 1.07. The van der Waals surface area contributed by atoms with Gasteiger partial charge in [0.25, 0.3) is 0 Å². The minimum absolute atomic E-state index is 0.202. The van der Waals surface area contributed by atoms with Gasteiger partial charge in [0, 0.05) is 32.7 Å². The Morgan fingerprint density at radius 1 is 0.450 bits per heavy atom. The molecule has 0 bridgehead atoms. The second-order valence-corrected chi connectivity index (χ2v) is 4.77. The topological polar surface area (TPSA) is 68.3 Å². The van der Waals surface area contributed by atoms with Gasteiger partial charge in [0.2, 0.25) is 21.7 Å². The Morgan fingerprint density at radius 3 is 0.950 bits per heavy atom. The van der Waals surface area contributed by atoms with Gasteiger partial charge >= 0.3 is 0 Å². The van der Waals surface area contributed by atoms with Crippen molar-refractivity contribution < 1.29 is 0 Å². The van der Waals surface area contributed by atoms with Gasteiger partial charge < -0.3 is 0 Å². The van der Waals surface area contributed by atoms with Gasteiger partial charge in [0.1, 0.15) is 0 Å². The van der Waals surface area contributed by atoms with Crippen LogP contribution < -0.4 is 21.7 Å². The molecule has 4 nitrogen and oxygen atoms in total. The lowest BCUT2D eigenvalue weighted by molar-refractivity contribution is 1.50. The molecule has 0 amide bonds. The zero-order valence-corrected chi connectivity index (χ0v) is 10.1. The van der Waals surface area contributed by atoms with E-state index in [1.165, 1.54) is 36.4 Å². The second-order valence-electron chi connectivity index (χ2n) is 4.77. The summed E-state index contributed by atoms with van der Waals surface area (Å²) in [5.74, 6) is 0. The molecule has 0 saturated heterocycles. The predicted molar refractivity (Wildman–Crippen MR) is 76.7 cm³/mol. The fraction of sp³-hybridized carbons (Fsp3) is 0. The molecule has 0 radical (unpaired) electrons. The van der Waals surface area contributed by atoms with Gasteiger partial charge in [0.15, 0.2) is 0 Å². The second kappa shape index (κ2) is 3.36. The first kappa shape index (κ1) is 11.0. The van der Waals surface area contributed by atoms with Crippen molar-refractivity contribution in [3.05, 3.63) is 77.3 Å². The van der Waals surface area contributed by atoms with E-state index in [9.17, 15) is 19.2 Å². The average molecular weight is 262 g/mol. The van der Waals surface area contributed by atoms with Crippen molar-refractivity contribution in [2.45, 2.75) is 0 Å². The van der Waals surface area contributed by atoms with Crippen LogP contribution in [0, 0.1) is 0 Å². The number of hydrogen-bond acceptors (Lipinski definition) is 4. The van der Waals surface area contributed by atoms with Crippen LogP contribution in [0.2, 0.25) is 0 Å². The maximum Gasteiger partial charge on any atom is 0.234 e. The van der Waals surface area contributed by atoms with Gasteiger partial charge in [-0.05, 0) is 0 Å². The van der Waals surface area contributed by atoms with Crippen LogP contribution in [0.4, 0.5) is 0 Å². The lowest BCUT2D eigenvalue weighted by Crippen LogP contribution is -2.31. The summed E-state index contributed by atoms with van der Waals surface area (Å²) < 4.78 is 0. The van der Waals surface area contributed by atoms with Crippen molar-refractivity contribution in [2.24, 2.45) is 0 Å². The Morgan fingerprint density at radius 2 is 0.700 bits per heavy atom. The first-order valence-electron chi connectivity index (χ1n) is 6.05. The summed E-state index contributed by atoms with van der Waals surface area (Å²) >= 11 is 0. The lowest BCUT2D eigenvalue weighted by atomic mass is 9.87. The van der Waals surface area contributed by atoms with E-state index in [2.05, 4.69) is 0 Å². The lowest BCUT2D eigenvalue weighted by Gasteiger charge is -2.13. The number of benzene rings is 4. The van der Waals surface area contributed by atoms with Crippen molar-refractivity contribution >= 4 is 21.5 Å². The molecule has 0 saturated carbocycles. The quantitative estimate of drug-likeness (QED) is 0.348. The van der Waals surface area contributed by atoms with E-state index in [-0.39, 0.29) is 21.5 Å². The largest absolute Gasteiger partial charge is 0.285 e. The summed E-state index contributed by atoms with van der Waals surface area (Å²) in [6, 6.07) is 9.10. The fourth-order valence-electron chi connectivity index (χ4n) is 2.89. The van der Waals surface area contributed by atoms with Crippen molar-refractivity contribution in [3.63, 3.8) is 0 Å². The monoisotopic (exact) mass is 262 g/mol. The molecule has 2 aromatic carbocycles. The van der Waals surface area contributed by atoms with Crippen molar-refractivity contribution in [1.29, 1.82) is 0 Å². The predicted octanol–water partition coefficient (Wildman–Crippen LogP) is 0.852.